The number of aromatic hydroxyl groups is 1. The number of phenolic OH excluding ortho intramolecular Hbond substituents is 1. The molecule has 2 aliphatic carbocycles. The van der Waals surface area contributed by atoms with Crippen LogP contribution in [0.25, 0.3) is 10.8 Å². The van der Waals surface area contributed by atoms with Crippen molar-refractivity contribution in [3.05, 3.63) is 53.6 Å². The molecule has 2 aromatic carbocycles. The number of hydrogen-bond acceptors (Lipinski definition) is 7. The molecule has 2 heterocycles. The normalized spacial score (nSPS) is 30.8. The first kappa shape index (κ1) is 22.9. The van der Waals surface area contributed by atoms with E-state index in [1.165, 1.54) is 6.07 Å². The molecule has 5 N–H and O–H groups in total. The fraction of sp³-hybridized carbons (Fsp3) is 0.308. The first-order chi connectivity index (χ1) is 17.6. The Morgan fingerprint density at radius 3 is 2.08 bits per heavy atom. The van der Waals surface area contributed by atoms with Crippen molar-refractivity contribution in [2.24, 2.45) is 41.1 Å². The van der Waals surface area contributed by atoms with Gasteiger partial charge in [-0.15, -0.1) is 0 Å². The molecule has 2 aromatic rings. The van der Waals surface area contributed by atoms with Crippen LogP contribution < -0.4 is 11.5 Å². The highest BCUT2D eigenvalue weighted by atomic mass is 16.3. The van der Waals surface area contributed by atoms with Crippen molar-refractivity contribution < 1.29 is 33.9 Å². The summed E-state index contributed by atoms with van der Waals surface area (Å²) in [7, 11) is 0. The van der Waals surface area contributed by atoms with Crippen molar-refractivity contribution in [3.8, 4) is 5.75 Å². The van der Waals surface area contributed by atoms with Gasteiger partial charge in [0.1, 0.15) is 5.75 Å². The number of nitrogens with zero attached hydrogens (tertiary/aromatic N) is 2. The molecule has 188 valence electrons. The van der Waals surface area contributed by atoms with E-state index in [1.807, 2.05) is 12.1 Å². The summed E-state index contributed by atoms with van der Waals surface area (Å²) in [6.07, 6.45) is 1.87. The summed E-state index contributed by atoms with van der Waals surface area (Å²) in [5, 5.41) is 12.5. The van der Waals surface area contributed by atoms with E-state index in [0.717, 1.165) is 5.39 Å². The molecular formula is C26H22N4O7. The van der Waals surface area contributed by atoms with Gasteiger partial charge < -0.3 is 16.6 Å². The van der Waals surface area contributed by atoms with Gasteiger partial charge in [0.2, 0.25) is 23.6 Å². The van der Waals surface area contributed by atoms with Gasteiger partial charge in [-0.3, -0.25) is 19.2 Å². The summed E-state index contributed by atoms with van der Waals surface area (Å²) in [6, 6.07) is 8.05. The van der Waals surface area contributed by atoms with E-state index < -0.39 is 71.2 Å². The predicted octanol–water partition coefficient (Wildman–Crippen LogP) is 1.34. The smallest absolute Gasteiger partial charge is 0.328 e. The minimum absolute atomic E-state index is 0.000327. The van der Waals surface area contributed by atoms with Crippen molar-refractivity contribution in [3.63, 3.8) is 0 Å². The standard InChI is InChI=1S/C26H22N4O7/c27-25(36)29-21(32)13-7-6-12-14(17(13)23(29)34)9-15-20(24(35)30(22(15)33)26(28)37)19(12)18-11-4-2-1-3-10(11)5-8-16(18)31/h1-6,8,13-15,17,19-20,31H,7,9H2,(H2,27,36)(H2,28,37). The van der Waals surface area contributed by atoms with Crippen molar-refractivity contribution >= 4 is 46.5 Å². The molecule has 0 aromatic heterocycles. The van der Waals surface area contributed by atoms with Crippen LogP contribution in [0, 0.1) is 29.6 Å². The van der Waals surface area contributed by atoms with E-state index in [0.29, 0.717) is 26.3 Å². The molecule has 1 saturated carbocycles. The van der Waals surface area contributed by atoms with E-state index in [1.54, 1.807) is 24.3 Å². The van der Waals surface area contributed by atoms with Crippen LogP contribution in [0.15, 0.2) is 48.0 Å². The third-order valence-electron chi connectivity index (χ3n) is 8.35. The highest BCUT2D eigenvalue weighted by Crippen LogP contribution is 2.59. The van der Waals surface area contributed by atoms with Crippen LogP contribution in [0.2, 0.25) is 0 Å². The van der Waals surface area contributed by atoms with Gasteiger partial charge in [0.15, 0.2) is 0 Å². The van der Waals surface area contributed by atoms with Crippen molar-refractivity contribution in [2.75, 3.05) is 0 Å². The lowest BCUT2D eigenvalue weighted by Crippen LogP contribution is -2.44. The second-order valence-corrected chi connectivity index (χ2v) is 9.94. The number of carbonyl (C=O) groups excluding carboxylic acids is 6. The number of primary amides is 2. The molecule has 6 atom stereocenters. The molecule has 2 aliphatic heterocycles. The summed E-state index contributed by atoms with van der Waals surface area (Å²) in [5.74, 6) is -8.56. The third-order valence-corrected chi connectivity index (χ3v) is 8.35. The van der Waals surface area contributed by atoms with Gasteiger partial charge in [-0.25, -0.2) is 9.59 Å². The average Bonchev–Trinajstić information content (AvgIpc) is 3.27. The van der Waals surface area contributed by atoms with Crippen LogP contribution in [0.3, 0.4) is 0 Å². The molecular weight excluding hydrogens is 480 g/mol. The number of nitrogens with two attached hydrogens (primary N) is 2. The number of benzene rings is 2. The molecule has 8 amide bonds. The molecule has 4 aliphatic rings. The monoisotopic (exact) mass is 502 g/mol. The Labute approximate surface area is 209 Å². The van der Waals surface area contributed by atoms with Crippen LogP contribution >= 0.6 is 0 Å². The largest absolute Gasteiger partial charge is 0.508 e. The average molecular weight is 502 g/mol. The van der Waals surface area contributed by atoms with Gasteiger partial charge in [-0.2, -0.15) is 9.80 Å². The minimum Gasteiger partial charge on any atom is -0.508 e. The van der Waals surface area contributed by atoms with E-state index in [9.17, 15) is 33.9 Å². The lowest BCUT2D eigenvalue weighted by molar-refractivity contribution is -0.138. The van der Waals surface area contributed by atoms with Crippen LogP contribution in [0.4, 0.5) is 9.59 Å². The van der Waals surface area contributed by atoms with E-state index in [4.69, 9.17) is 11.5 Å². The maximum absolute atomic E-state index is 13.5. The third kappa shape index (κ3) is 2.93. The maximum Gasteiger partial charge on any atom is 0.328 e. The summed E-state index contributed by atoms with van der Waals surface area (Å²) in [5.41, 5.74) is 11.7. The van der Waals surface area contributed by atoms with Gasteiger partial charge >= 0.3 is 12.1 Å². The molecule has 6 unspecified atom stereocenters. The second kappa shape index (κ2) is 7.73. The minimum atomic E-state index is -1.20. The van der Waals surface area contributed by atoms with Gasteiger partial charge in [-0.05, 0) is 35.6 Å². The first-order valence-corrected chi connectivity index (χ1v) is 11.9. The lowest BCUT2D eigenvalue weighted by Gasteiger charge is -2.44. The zero-order valence-electron chi connectivity index (χ0n) is 19.4. The number of amides is 8. The fourth-order valence-corrected chi connectivity index (χ4v) is 6.96. The number of hydrogen-bond donors (Lipinski definition) is 3. The topological polar surface area (TPSA) is 181 Å². The van der Waals surface area contributed by atoms with Crippen LogP contribution in [-0.4, -0.2) is 50.6 Å². The molecule has 2 saturated heterocycles. The van der Waals surface area contributed by atoms with Gasteiger partial charge in [0.25, 0.3) is 0 Å². The Bertz CT molecular complexity index is 1500. The van der Waals surface area contributed by atoms with Crippen molar-refractivity contribution in [1.29, 1.82) is 0 Å². The molecule has 3 fully saturated rings. The Kier molecular flexibility index (Phi) is 4.78. The van der Waals surface area contributed by atoms with Gasteiger partial charge in [0, 0.05) is 11.5 Å². The van der Waals surface area contributed by atoms with E-state index >= 15 is 0 Å². The number of fused-ring (bicyclic) bond motifs is 5. The molecule has 0 radical (unpaired) electrons. The highest BCUT2D eigenvalue weighted by molar-refractivity contribution is 6.18. The van der Waals surface area contributed by atoms with Crippen LogP contribution in [0.1, 0.15) is 24.3 Å². The summed E-state index contributed by atoms with van der Waals surface area (Å²) < 4.78 is 0. The number of imide groups is 6. The number of rotatable bonds is 1. The SMILES string of the molecule is NC(=O)N1C(=O)C2CC=C3C(CC4C(=O)N(C(N)=O)C(=O)C4C3c3c(O)ccc4ccccc34)C2C1=O. The van der Waals surface area contributed by atoms with Crippen LogP contribution in [0.5, 0.6) is 5.75 Å². The molecule has 11 nitrogen and oxygen atoms in total. The van der Waals surface area contributed by atoms with E-state index in [-0.39, 0.29) is 18.6 Å². The zero-order chi connectivity index (χ0) is 26.3. The van der Waals surface area contributed by atoms with E-state index in [2.05, 4.69) is 0 Å². The summed E-state index contributed by atoms with van der Waals surface area (Å²) >= 11 is 0. The summed E-state index contributed by atoms with van der Waals surface area (Å²) in [6.45, 7) is 0. The quantitative estimate of drug-likeness (QED) is 0.388. The highest BCUT2D eigenvalue weighted by Gasteiger charge is 2.63. The van der Waals surface area contributed by atoms with Gasteiger partial charge in [-0.1, -0.05) is 42.0 Å². The lowest BCUT2D eigenvalue weighted by atomic mass is 9.56. The van der Waals surface area contributed by atoms with Gasteiger partial charge in [0.05, 0.1) is 23.7 Å². The van der Waals surface area contributed by atoms with Crippen molar-refractivity contribution in [2.45, 2.75) is 18.8 Å². The first-order valence-electron chi connectivity index (χ1n) is 11.9. The Hall–Kier alpha value is -4.54. The maximum atomic E-state index is 13.5. The molecule has 0 spiro atoms. The molecule has 11 heteroatoms. The number of likely N-dealkylation sites (tertiary alicyclic amines) is 2. The van der Waals surface area contributed by atoms with Crippen LogP contribution in [-0.2, 0) is 19.2 Å². The molecule has 37 heavy (non-hydrogen) atoms. The number of phenols is 1. The fourth-order valence-electron chi connectivity index (χ4n) is 6.96. The summed E-state index contributed by atoms with van der Waals surface area (Å²) in [4.78, 5) is 77.8. The molecule has 0 bridgehead atoms. The number of allylic oxidation sites excluding steroid dienone is 2. The number of urea groups is 2. The predicted molar refractivity (Wildman–Crippen MR) is 126 cm³/mol. The Morgan fingerprint density at radius 1 is 0.784 bits per heavy atom. The molecule has 6 rings (SSSR count). The zero-order valence-corrected chi connectivity index (χ0v) is 19.4. The Balaban J connectivity index is 1.58. The Morgan fingerprint density at radius 2 is 1.41 bits per heavy atom. The second-order valence-electron chi connectivity index (χ2n) is 9.94. The number of carbonyl (C=O) groups is 6. The van der Waals surface area contributed by atoms with Crippen molar-refractivity contribution in [1.82, 2.24) is 9.80 Å².